The number of thioether (sulfide) groups is 1. The maximum atomic E-state index is 3.24. The van der Waals surface area contributed by atoms with Gasteiger partial charge in [-0.05, 0) is 42.5 Å². The Morgan fingerprint density at radius 3 is 2.80 bits per heavy atom. The Hall–Kier alpha value is -2.04. The minimum atomic E-state index is 1.16. The summed E-state index contributed by atoms with van der Waals surface area (Å²) in [5, 5.41) is 4.50. The van der Waals surface area contributed by atoms with Gasteiger partial charge in [-0.2, -0.15) is 4.57 Å². The molecule has 0 saturated heterocycles. The number of nitrogens with one attached hydrogen (secondary N) is 1. The molecule has 0 atom stereocenters. The molecule has 0 unspecified atom stereocenters. The van der Waals surface area contributed by atoms with Crippen molar-refractivity contribution < 1.29 is 4.57 Å². The van der Waals surface area contributed by atoms with Crippen molar-refractivity contribution in [2.45, 2.75) is 18.7 Å². The monoisotopic (exact) mass is 367 g/mol. The molecule has 0 aliphatic carbocycles. The lowest BCUT2D eigenvalue weighted by molar-refractivity contribution is -0.642. The lowest BCUT2D eigenvalue weighted by Crippen LogP contribution is -2.28. The summed E-state index contributed by atoms with van der Waals surface area (Å²) in [5.74, 6) is 0. The zero-order chi connectivity index (χ0) is 17.8. The van der Waals surface area contributed by atoms with E-state index in [9.17, 15) is 0 Å². The second-order valence-electron chi connectivity index (χ2n) is 5.96. The van der Waals surface area contributed by atoms with Crippen LogP contribution in [-0.2, 0) is 7.05 Å². The van der Waals surface area contributed by atoms with Gasteiger partial charge in [-0.25, -0.2) is 0 Å². The highest BCUT2D eigenvalue weighted by Gasteiger charge is 2.13. The number of allylic oxidation sites excluding steroid dienone is 3. The van der Waals surface area contributed by atoms with Gasteiger partial charge in [0.15, 0.2) is 0 Å². The molecule has 2 aromatic carbocycles. The first-order valence-electron chi connectivity index (χ1n) is 8.27. The van der Waals surface area contributed by atoms with Crippen molar-refractivity contribution in [3.05, 3.63) is 70.1 Å². The molecule has 128 valence electrons. The van der Waals surface area contributed by atoms with Crippen LogP contribution in [0.25, 0.3) is 16.3 Å². The maximum Gasteiger partial charge on any atom is 0.262 e. The third-order valence-electron chi connectivity index (χ3n) is 4.02. The first kappa shape index (κ1) is 17.8. The summed E-state index contributed by atoms with van der Waals surface area (Å²) in [7, 11) is 4.09. The molecule has 3 aromatic rings. The molecule has 4 heteroatoms. The number of thiazole rings is 1. The van der Waals surface area contributed by atoms with Crippen LogP contribution >= 0.6 is 23.1 Å². The van der Waals surface area contributed by atoms with E-state index in [4.69, 9.17) is 0 Å². The Labute approximate surface area is 157 Å². The summed E-state index contributed by atoms with van der Waals surface area (Å²) in [5.41, 5.74) is 3.75. The highest BCUT2D eigenvalue weighted by molar-refractivity contribution is 8.03. The first-order valence-corrected chi connectivity index (χ1v) is 9.90. The lowest BCUT2D eigenvalue weighted by Gasteiger charge is -2.07. The van der Waals surface area contributed by atoms with Gasteiger partial charge < -0.3 is 5.32 Å². The van der Waals surface area contributed by atoms with Crippen LogP contribution in [0.5, 0.6) is 0 Å². The van der Waals surface area contributed by atoms with Crippen molar-refractivity contribution in [3.63, 3.8) is 0 Å². The van der Waals surface area contributed by atoms with Crippen molar-refractivity contribution >= 4 is 45.1 Å². The molecular formula is C21H23N2S2+. The minimum Gasteiger partial charge on any atom is -0.387 e. The van der Waals surface area contributed by atoms with E-state index in [-0.39, 0.29) is 0 Å². The van der Waals surface area contributed by atoms with Crippen LogP contribution in [0.15, 0.2) is 64.4 Å². The van der Waals surface area contributed by atoms with E-state index in [1.807, 2.05) is 18.4 Å². The van der Waals surface area contributed by atoms with E-state index in [0.717, 1.165) is 5.69 Å². The number of hydrogen-bond donors (Lipinski definition) is 1. The number of aryl methyl sites for hydroxylation is 2. The third-order valence-corrected chi connectivity index (χ3v) is 6.24. The zero-order valence-electron chi connectivity index (χ0n) is 15.0. The van der Waals surface area contributed by atoms with Crippen LogP contribution in [0.1, 0.15) is 17.5 Å². The topological polar surface area (TPSA) is 15.9 Å². The number of rotatable bonds is 5. The number of fused-ring (bicyclic) bond motifs is 1. The van der Waals surface area contributed by atoms with Gasteiger partial charge in [-0.15, -0.1) is 0 Å². The highest BCUT2D eigenvalue weighted by atomic mass is 32.2. The van der Waals surface area contributed by atoms with Gasteiger partial charge in [0.05, 0.1) is 0 Å². The van der Waals surface area contributed by atoms with Gasteiger partial charge in [-0.3, -0.25) is 0 Å². The number of hydrogen-bond acceptors (Lipinski definition) is 3. The summed E-state index contributed by atoms with van der Waals surface area (Å²) in [6.07, 6.45) is 6.50. The van der Waals surface area contributed by atoms with Gasteiger partial charge >= 0.3 is 0 Å². The molecule has 0 aliphatic heterocycles. The van der Waals surface area contributed by atoms with Crippen LogP contribution in [-0.4, -0.2) is 7.05 Å². The maximum absolute atomic E-state index is 3.24. The Balaban J connectivity index is 1.78. The molecule has 0 fully saturated rings. The number of para-hydroxylation sites is 1. The Bertz CT molecular complexity index is 952. The van der Waals surface area contributed by atoms with Crippen molar-refractivity contribution in [2.24, 2.45) is 7.05 Å². The molecule has 0 spiro atoms. The van der Waals surface area contributed by atoms with Crippen LogP contribution in [0.2, 0.25) is 0 Å². The molecule has 0 radical (unpaired) electrons. The molecule has 0 saturated carbocycles. The summed E-state index contributed by atoms with van der Waals surface area (Å²) in [6.45, 7) is 4.29. The van der Waals surface area contributed by atoms with Crippen LogP contribution in [0.3, 0.4) is 0 Å². The van der Waals surface area contributed by atoms with Crippen molar-refractivity contribution in [2.75, 3.05) is 12.4 Å². The SMILES string of the molecule is CNc1ccccc1SC(C)=CC=Cc1sc2ccc(C)cc2[n+]1C. The molecule has 0 amide bonds. The fourth-order valence-corrected chi connectivity index (χ4v) is 4.62. The smallest absolute Gasteiger partial charge is 0.262 e. The average molecular weight is 368 g/mol. The van der Waals surface area contributed by atoms with E-state index in [1.165, 1.54) is 30.6 Å². The third kappa shape index (κ3) is 4.14. The molecule has 3 rings (SSSR count). The van der Waals surface area contributed by atoms with Gasteiger partial charge in [0.25, 0.3) is 5.01 Å². The Morgan fingerprint density at radius 1 is 1.20 bits per heavy atom. The Kier molecular flexibility index (Phi) is 5.61. The fraction of sp³-hybridized carbons (Fsp3) is 0.190. The first-order chi connectivity index (χ1) is 12.1. The summed E-state index contributed by atoms with van der Waals surface area (Å²) >= 11 is 3.61. The fourth-order valence-electron chi connectivity index (χ4n) is 2.66. The normalized spacial score (nSPS) is 12.2. The standard InChI is InChI=1S/C21H23N2S2/c1-15-12-13-20-18(14-15)23(4)21(25-20)11-7-8-16(2)24-19-10-6-5-9-17(19)22-3/h5-14,22H,1-4H3/q+1. The van der Waals surface area contributed by atoms with Gasteiger partial charge in [0.2, 0.25) is 5.52 Å². The van der Waals surface area contributed by atoms with E-state index in [0.29, 0.717) is 0 Å². The van der Waals surface area contributed by atoms with Crippen LogP contribution < -0.4 is 9.88 Å². The van der Waals surface area contributed by atoms with Crippen molar-refractivity contribution in [3.8, 4) is 0 Å². The van der Waals surface area contributed by atoms with Crippen LogP contribution in [0, 0.1) is 6.92 Å². The largest absolute Gasteiger partial charge is 0.387 e. The predicted octanol–water partition coefficient (Wildman–Crippen LogP) is 5.79. The number of benzene rings is 2. The van der Waals surface area contributed by atoms with Gasteiger partial charge in [0.1, 0.15) is 11.7 Å². The van der Waals surface area contributed by atoms with Crippen molar-refractivity contribution in [1.29, 1.82) is 0 Å². The van der Waals surface area contributed by atoms with Crippen molar-refractivity contribution in [1.82, 2.24) is 0 Å². The molecule has 1 heterocycles. The average Bonchev–Trinajstić information content (AvgIpc) is 2.91. The summed E-state index contributed by atoms with van der Waals surface area (Å²) in [6, 6.07) is 15.0. The van der Waals surface area contributed by atoms with E-state index >= 15 is 0 Å². The van der Waals surface area contributed by atoms with E-state index in [2.05, 4.69) is 91.5 Å². The minimum absolute atomic E-state index is 1.16. The van der Waals surface area contributed by atoms with E-state index in [1.54, 1.807) is 11.8 Å². The van der Waals surface area contributed by atoms with E-state index < -0.39 is 0 Å². The van der Waals surface area contributed by atoms with Crippen LogP contribution in [0.4, 0.5) is 5.69 Å². The molecule has 25 heavy (non-hydrogen) atoms. The highest BCUT2D eigenvalue weighted by Crippen LogP contribution is 2.32. The summed E-state index contributed by atoms with van der Waals surface area (Å²) in [4.78, 5) is 2.51. The molecule has 0 aliphatic rings. The second kappa shape index (κ2) is 7.89. The lowest BCUT2D eigenvalue weighted by atomic mass is 10.2. The molecule has 1 N–H and O–H groups in total. The molecule has 2 nitrogen and oxygen atoms in total. The second-order valence-corrected chi connectivity index (χ2v) is 8.31. The number of nitrogens with zero attached hydrogens (tertiary/aromatic N) is 1. The molecular weight excluding hydrogens is 344 g/mol. The Morgan fingerprint density at radius 2 is 2.00 bits per heavy atom. The molecule has 0 bridgehead atoms. The molecule has 1 aromatic heterocycles. The predicted molar refractivity (Wildman–Crippen MR) is 112 cm³/mol. The quantitative estimate of drug-likeness (QED) is 0.349. The van der Waals surface area contributed by atoms with Gasteiger partial charge in [0, 0.05) is 29.8 Å². The zero-order valence-corrected chi connectivity index (χ0v) is 16.7. The number of aromatic nitrogens is 1. The van der Waals surface area contributed by atoms with Gasteiger partial charge in [-0.1, -0.05) is 53.4 Å². The summed E-state index contributed by atoms with van der Waals surface area (Å²) < 4.78 is 3.58. The number of anilines is 1.